The van der Waals surface area contributed by atoms with E-state index >= 15 is 0 Å². The minimum Gasteiger partial charge on any atom is -0.506 e. The number of methoxy groups -OCH3 is 3. The van der Waals surface area contributed by atoms with E-state index in [1.807, 2.05) is 60.7 Å². The molecule has 6 aromatic carbocycles. The lowest BCUT2D eigenvalue weighted by molar-refractivity contribution is 0.0474. The van der Waals surface area contributed by atoms with Gasteiger partial charge in [-0.3, -0.25) is 0 Å². The first-order chi connectivity index (χ1) is 32.8. The van der Waals surface area contributed by atoms with Gasteiger partial charge in [0.15, 0.2) is 24.0 Å². The molecule has 0 aromatic heterocycles. The molecule has 3 N–H and O–H groups in total. The Morgan fingerprint density at radius 3 is 1.30 bits per heavy atom. The third kappa shape index (κ3) is 12.3. The lowest BCUT2D eigenvalue weighted by Crippen LogP contribution is -2.16. The van der Waals surface area contributed by atoms with Crippen molar-refractivity contribution < 1.29 is 72.4 Å². The zero-order valence-corrected chi connectivity index (χ0v) is 42.4. The van der Waals surface area contributed by atoms with Gasteiger partial charge in [-0.1, -0.05) is 60.7 Å². The minimum atomic E-state index is -1.28. The predicted octanol–water partition coefficient (Wildman–Crippen LogP) is 11.4. The van der Waals surface area contributed by atoms with Crippen LogP contribution in [0.4, 0.5) is 0 Å². The molecule has 0 radical (unpaired) electrons. The van der Waals surface area contributed by atoms with Crippen LogP contribution in [0.1, 0.15) is 85.9 Å². The van der Waals surface area contributed by atoms with Crippen molar-refractivity contribution in [3.63, 3.8) is 0 Å². The molecular formula is C52H50Br2O15. The Morgan fingerprint density at radius 1 is 0.507 bits per heavy atom. The third-order valence-electron chi connectivity index (χ3n) is 10.9. The number of hydrogen-bond acceptors (Lipinski definition) is 13. The van der Waals surface area contributed by atoms with Crippen LogP contribution in [0.5, 0.6) is 46.0 Å². The van der Waals surface area contributed by atoms with Crippen molar-refractivity contribution in [1.82, 2.24) is 0 Å². The number of hydrogen-bond donors (Lipinski definition) is 3. The number of rotatable bonds is 17. The van der Waals surface area contributed by atoms with Crippen molar-refractivity contribution in [1.29, 1.82) is 0 Å². The molecule has 6 aromatic rings. The lowest BCUT2D eigenvalue weighted by Gasteiger charge is -2.20. The number of halogens is 2. The summed E-state index contributed by atoms with van der Waals surface area (Å²) in [5, 5.41) is 29.4. The standard InChI is InChI=1S/C27H27BrO8.C25H23BrO7/c1-15-11-19(34-13-18-9-7-6-8-10-18)12-20(33-5)21(15)27(31)36-24-17(3)16(2)22(26(29)30)25(23(24)28)35-14-32-4;1-13-10-17(32-12-16-8-6-5-7-9-16)11-18(31-4)19(13)25(30)33-23-15(3)14(2)20(24(28)29)22(27)21(23)26/h6-12H,13-14H2,1-5H3,(H,29,30);5-11,27H,12H2,1-4H3,(H,28,29). The van der Waals surface area contributed by atoms with E-state index < -0.39 is 29.6 Å². The fourth-order valence-corrected chi connectivity index (χ4v) is 8.33. The topological polar surface area (TPSA) is 203 Å². The summed E-state index contributed by atoms with van der Waals surface area (Å²) in [6.07, 6.45) is 0. The van der Waals surface area contributed by atoms with Gasteiger partial charge < -0.3 is 53.2 Å². The highest BCUT2D eigenvalue weighted by Crippen LogP contribution is 2.45. The molecule has 0 saturated heterocycles. The maximum atomic E-state index is 13.3. The van der Waals surface area contributed by atoms with Crippen molar-refractivity contribution in [2.45, 2.75) is 54.8 Å². The predicted molar refractivity (Wildman–Crippen MR) is 262 cm³/mol. The highest BCUT2D eigenvalue weighted by atomic mass is 79.9. The molecule has 0 atom stereocenters. The zero-order chi connectivity index (χ0) is 50.7. The summed E-state index contributed by atoms with van der Waals surface area (Å²) in [4.78, 5) is 49.8. The van der Waals surface area contributed by atoms with Crippen molar-refractivity contribution in [3.8, 4) is 46.0 Å². The van der Waals surface area contributed by atoms with Crippen LogP contribution in [0.3, 0.4) is 0 Å². The monoisotopic (exact) mass is 1070 g/mol. The number of carbonyl (C=O) groups excluding carboxylic acids is 2. The molecule has 0 aliphatic carbocycles. The molecule has 0 spiro atoms. The van der Waals surface area contributed by atoms with Gasteiger partial charge in [-0.05, 0) is 130 Å². The van der Waals surface area contributed by atoms with Crippen LogP contribution in [-0.4, -0.2) is 67.3 Å². The second-order valence-corrected chi connectivity index (χ2v) is 16.9. The summed E-state index contributed by atoms with van der Waals surface area (Å²) in [5.74, 6) is -2.57. The quantitative estimate of drug-likeness (QED) is 0.0442. The molecule has 6 rings (SSSR count). The third-order valence-corrected chi connectivity index (χ3v) is 12.3. The number of carboxylic acid groups (broad SMARTS) is 2. The first-order valence-corrected chi connectivity index (χ1v) is 22.5. The number of carboxylic acids is 2. The number of aromatic hydroxyl groups is 1. The summed E-state index contributed by atoms with van der Waals surface area (Å²) in [6, 6.07) is 26.0. The number of phenols is 1. The van der Waals surface area contributed by atoms with E-state index in [2.05, 4.69) is 31.9 Å². The van der Waals surface area contributed by atoms with Crippen LogP contribution in [0.2, 0.25) is 0 Å². The molecule has 17 heteroatoms. The molecule has 362 valence electrons. The Kier molecular flexibility index (Phi) is 18.2. The molecule has 0 aliphatic rings. The van der Waals surface area contributed by atoms with E-state index in [1.165, 1.54) is 28.3 Å². The highest BCUT2D eigenvalue weighted by Gasteiger charge is 2.30. The molecule has 0 aliphatic heterocycles. The second-order valence-electron chi connectivity index (χ2n) is 15.3. The van der Waals surface area contributed by atoms with Crippen LogP contribution in [0, 0.1) is 41.5 Å². The van der Waals surface area contributed by atoms with Gasteiger partial charge in [-0.2, -0.15) is 0 Å². The number of ether oxygens (including phenoxy) is 8. The Bertz CT molecular complexity index is 2850. The van der Waals surface area contributed by atoms with Gasteiger partial charge in [0.05, 0.1) is 14.2 Å². The van der Waals surface area contributed by atoms with Crippen LogP contribution in [0.25, 0.3) is 0 Å². The number of aromatic carboxylic acids is 2. The maximum Gasteiger partial charge on any atom is 0.347 e. The van der Waals surface area contributed by atoms with Crippen molar-refractivity contribution >= 4 is 55.7 Å². The van der Waals surface area contributed by atoms with E-state index in [4.69, 9.17) is 37.9 Å². The fourth-order valence-electron chi connectivity index (χ4n) is 7.07. The molecule has 0 unspecified atom stereocenters. The zero-order valence-electron chi connectivity index (χ0n) is 39.2. The number of benzene rings is 6. The number of aryl methyl sites for hydroxylation is 2. The van der Waals surface area contributed by atoms with Gasteiger partial charge in [0.25, 0.3) is 0 Å². The van der Waals surface area contributed by atoms with Crippen LogP contribution in [-0.2, 0) is 18.0 Å². The molecular weight excluding hydrogens is 1020 g/mol. The van der Waals surface area contributed by atoms with Crippen LogP contribution in [0.15, 0.2) is 93.9 Å². The lowest BCUT2D eigenvalue weighted by atomic mass is 10.0. The second kappa shape index (κ2) is 23.8. The number of carbonyl (C=O) groups is 4. The average molecular weight is 1070 g/mol. The smallest absolute Gasteiger partial charge is 0.347 e. The maximum absolute atomic E-state index is 13.3. The molecule has 15 nitrogen and oxygen atoms in total. The Balaban J connectivity index is 0.000000258. The van der Waals surface area contributed by atoms with Crippen LogP contribution >= 0.6 is 31.9 Å². The van der Waals surface area contributed by atoms with Gasteiger partial charge in [0.2, 0.25) is 0 Å². The van der Waals surface area contributed by atoms with Crippen molar-refractivity contribution in [2.24, 2.45) is 0 Å². The molecule has 0 saturated carbocycles. The van der Waals surface area contributed by atoms with E-state index in [0.29, 0.717) is 58.1 Å². The summed E-state index contributed by atoms with van der Waals surface area (Å²) in [7, 11) is 4.31. The highest BCUT2D eigenvalue weighted by molar-refractivity contribution is 9.11. The van der Waals surface area contributed by atoms with Crippen molar-refractivity contribution in [2.75, 3.05) is 28.1 Å². The molecule has 69 heavy (non-hydrogen) atoms. The van der Waals surface area contributed by atoms with Gasteiger partial charge in [-0.15, -0.1) is 0 Å². The van der Waals surface area contributed by atoms with Crippen LogP contribution < -0.4 is 33.2 Å². The van der Waals surface area contributed by atoms with E-state index in [1.54, 1.807) is 58.9 Å². The SMILES string of the molecule is COCOc1c(Br)c(OC(=O)c2c(C)cc(OCc3ccccc3)cc2OC)c(C)c(C)c1C(=O)O.COc1cc(OCc2ccccc2)cc(C)c1C(=O)Oc1c(C)c(C)c(C(=O)O)c(O)c1Br. The summed E-state index contributed by atoms with van der Waals surface area (Å²) in [5.41, 5.74) is 4.82. The normalized spacial score (nSPS) is 10.6. The Labute approximate surface area is 415 Å². The summed E-state index contributed by atoms with van der Waals surface area (Å²) < 4.78 is 44.6. The fraction of sp³-hybridized carbons (Fsp3) is 0.231. The summed E-state index contributed by atoms with van der Waals surface area (Å²) in [6.45, 7) is 10.4. The first-order valence-electron chi connectivity index (χ1n) is 20.9. The molecule has 0 fully saturated rings. The van der Waals surface area contributed by atoms with Gasteiger partial charge in [0, 0.05) is 19.2 Å². The van der Waals surface area contributed by atoms with Gasteiger partial charge in [-0.25, -0.2) is 19.2 Å². The van der Waals surface area contributed by atoms with E-state index in [0.717, 1.165) is 11.1 Å². The number of esters is 2. The molecule has 0 bridgehead atoms. The van der Waals surface area contributed by atoms with Gasteiger partial charge in [0.1, 0.15) is 73.2 Å². The van der Waals surface area contributed by atoms with E-state index in [-0.39, 0.29) is 66.7 Å². The Hall–Kier alpha value is -7.08. The summed E-state index contributed by atoms with van der Waals surface area (Å²) >= 11 is 6.50. The average Bonchev–Trinajstić information content (AvgIpc) is 3.33. The minimum absolute atomic E-state index is 0.00333. The van der Waals surface area contributed by atoms with E-state index in [9.17, 15) is 34.5 Å². The van der Waals surface area contributed by atoms with Gasteiger partial charge >= 0.3 is 23.9 Å². The molecule has 0 amide bonds. The molecule has 0 heterocycles. The van der Waals surface area contributed by atoms with Crippen molar-refractivity contribution in [3.05, 3.63) is 161 Å². The Morgan fingerprint density at radius 2 is 0.913 bits per heavy atom. The first kappa shape index (κ1) is 52.9. The largest absolute Gasteiger partial charge is 0.506 e.